The van der Waals surface area contributed by atoms with Crippen molar-refractivity contribution in [2.24, 2.45) is 0 Å². The summed E-state index contributed by atoms with van der Waals surface area (Å²) in [4.78, 5) is 39.1. The summed E-state index contributed by atoms with van der Waals surface area (Å²) in [5, 5.41) is 0. The van der Waals surface area contributed by atoms with Gasteiger partial charge >= 0.3 is 0 Å². The molecule has 2 aromatic carbocycles. The zero-order valence-electron chi connectivity index (χ0n) is 14.1. The van der Waals surface area contributed by atoms with Gasteiger partial charge in [0.1, 0.15) is 0 Å². The lowest BCUT2D eigenvalue weighted by molar-refractivity contribution is -0.134. The molecule has 0 spiro atoms. The molecular formula is C21H19NO3. The summed E-state index contributed by atoms with van der Waals surface area (Å²) in [5.74, 6) is -1.60. The fourth-order valence-electron chi connectivity index (χ4n) is 3.82. The molecule has 0 saturated carbocycles. The number of nitrogens with zero attached hydrogens (tertiary/aromatic N) is 1. The molecule has 0 radical (unpaired) electrons. The van der Waals surface area contributed by atoms with E-state index in [0.29, 0.717) is 24.2 Å². The number of hydrogen-bond donors (Lipinski definition) is 0. The predicted octanol–water partition coefficient (Wildman–Crippen LogP) is 2.82. The summed E-state index contributed by atoms with van der Waals surface area (Å²) in [5.41, 5.74) is 4.55. The zero-order chi connectivity index (χ0) is 17.6. The lowest BCUT2D eigenvalue weighted by atomic mass is 9.94. The van der Waals surface area contributed by atoms with E-state index in [1.165, 1.54) is 5.56 Å². The van der Waals surface area contributed by atoms with Crippen molar-refractivity contribution >= 4 is 17.5 Å². The van der Waals surface area contributed by atoms with Gasteiger partial charge in [0, 0.05) is 25.1 Å². The molecule has 1 atom stereocenters. The first-order valence-electron chi connectivity index (χ1n) is 8.58. The topological polar surface area (TPSA) is 54.5 Å². The van der Waals surface area contributed by atoms with Crippen molar-refractivity contribution in [2.75, 3.05) is 6.54 Å². The molecule has 4 heteroatoms. The van der Waals surface area contributed by atoms with E-state index in [9.17, 15) is 14.4 Å². The predicted molar refractivity (Wildman–Crippen MR) is 93.4 cm³/mol. The fraction of sp³-hybridized carbons (Fsp3) is 0.286. The largest absolute Gasteiger partial charge is 0.338 e. The Balaban J connectivity index is 1.54. The zero-order valence-corrected chi connectivity index (χ0v) is 14.1. The van der Waals surface area contributed by atoms with Crippen molar-refractivity contribution < 1.29 is 14.4 Å². The molecule has 0 saturated heterocycles. The van der Waals surface area contributed by atoms with Crippen molar-refractivity contribution in [2.45, 2.75) is 32.2 Å². The van der Waals surface area contributed by atoms with E-state index in [4.69, 9.17) is 0 Å². The number of carbonyl (C=O) groups excluding carboxylic acids is 3. The third-order valence-electron chi connectivity index (χ3n) is 5.23. The van der Waals surface area contributed by atoms with E-state index in [0.717, 1.165) is 17.5 Å². The van der Waals surface area contributed by atoms with E-state index >= 15 is 0 Å². The monoisotopic (exact) mass is 333 g/mol. The Bertz CT molecular complexity index is 900. The van der Waals surface area contributed by atoms with Crippen LogP contribution in [0.2, 0.25) is 0 Å². The number of aryl methyl sites for hydroxylation is 1. The van der Waals surface area contributed by atoms with E-state index in [2.05, 4.69) is 6.07 Å². The van der Waals surface area contributed by atoms with Gasteiger partial charge in [0.15, 0.2) is 0 Å². The van der Waals surface area contributed by atoms with Crippen LogP contribution >= 0.6 is 0 Å². The Hall–Kier alpha value is -2.75. The summed E-state index contributed by atoms with van der Waals surface area (Å²) in [6.07, 6.45) is 0.901. The third-order valence-corrected chi connectivity index (χ3v) is 5.23. The van der Waals surface area contributed by atoms with Gasteiger partial charge in [0.2, 0.25) is 17.5 Å². The minimum Gasteiger partial charge on any atom is -0.338 e. The Morgan fingerprint density at radius 3 is 2.68 bits per heavy atom. The summed E-state index contributed by atoms with van der Waals surface area (Å²) < 4.78 is 0. The summed E-state index contributed by atoms with van der Waals surface area (Å²) in [6, 6.07) is 13.6. The molecule has 1 aliphatic heterocycles. The molecule has 126 valence electrons. The first-order valence-corrected chi connectivity index (χ1v) is 8.58. The molecule has 25 heavy (non-hydrogen) atoms. The van der Waals surface area contributed by atoms with Crippen LogP contribution in [0.25, 0.3) is 0 Å². The Labute approximate surface area is 146 Å². The minimum atomic E-state index is -0.632. The highest BCUT2D eigenvalue weighted by Gasteiger charge is 2.40. The van der Waals surface area contributed by atoms with Gasteiger partial charge in [0.25, 0.3) is 0 Å². The maximum absolute atomic E-state index is 12.8. The molecule has 4 rings (SSSR count). The third kappa shape index (κ3) is 2.68. The number of Topliss-reactive ketones (excluding diaryl/α,β-unsaturated/α-hetero) is 2. The molecule has 0 fully saturated rings. The fourth-order valence-corrected chi connectivity index (χ4v) is 3.82. The average Bonchev–Trinajstić information content (AvgIpc) is 2.86. The highest BCUT2D eigenvalue weighted by Crippen LogP contribution is 2.34. The molecule has 2 aromatic rings. The second kappa shape index (κ2) is 5.96. The van der Waals surface area contributed by atoms with Gasteiger partial charge in [-0.2, -0.15) is 0 Å². The molecule has 0 aromatic heterocycles. The van der Waals surface area contributed by atoms with Crippen molar-refractivity contribution in [3.05, 3.63) is 70.3 Å². The molecule has 1 aliphatic carbocycles. The van der Waals surface area contributed by atoms with Crippen LogP contribution in [-0.2, 0) is 22.6 Å². The van der Waals surface area contributed by atoms with Crippen LogP contribution in [0.5, 0.6) is 0 Å². The number of rotatable bonds is 2. The molecule has 4 nitrogen and oxygen atoms in total. The van der Waals surface area contributed by atoms with Crippen LogP contribution in [0.15, 0.2) is 42.5 Å². The van der Waals surface area contributed by atoms with Gasteiger partial charge in [0.05, 0.1) is 5.92 Å². The van der Waals surface area contributed by atoms with Crippen molar-refractivity contribution in [3.63, 3.8) is 0 Å². The van der Waals surface area contributed by atoms with E-state index in [-0.39, 0.29) is 12.3 Å². The van der Waals surface area contributed by atoms with Crippen LogP contribution < -0.4 is 0 Å². The maximum Gasteiger partial charge on any atom is 0.229 e. The van der Waals surface area contributed by atoms with E-state index in [1.54, 1.807) is 11.0 Å². The standard InChI is InChI=1S/C21H19NO3/c1-13-6-7-16-17(10-13)20(24)21(25)18(16)11-19(23)22-9-8-14-4-2-3-5-15(14)12-22/h2-7,10,18H,8-9,11-12H2,1H3. The molecule has 1 unspecified atom stereocenters. The second-order valence-electron chi connectivity index (χ2n) is 6.87. The lowest BCUT2D eigenvalue weighted by Crippen LogP contribution is -2.37. The number of amides is 1. The number of fused-ring (bicyclic) bond motifs is 2. The highest BCUT2D eigenvalue weighted by molar-refractivity contribution is 6.49. The average molecular weight is 333 g/mol. The number of hydrogen-bond acceptors (Lipinski definition) is 3. The van der Waals surface area contributed by atoms with Gasteiger partial charge in [-0.1, -0.05) is 42.0 Å². The van der Waals surface area contributed by atoms with Crippen molar-refractivity contribution in [1.82, 2.24) is 4.90 Å². The number of ketones is 2. The van der Waals surface area contributed by atoms with Crippen molar-refractivity contribution in [1.29, 1.82) is 0 Å². The van der Waals surface area contributed by atoms with Gasteiger partial charge in [-0.25, -0.2) is 0 Å². The Morgan fingerprint density at radius 1 is 1.12 bits per heavy atom. The van der Waals surface area contributed by atoms with Gasteiger partial charge in [-0.05, 0) is 36.1 Å². The van der Waals surface area contributed by atoms with Crippen LogP contribution in [-0.4, -0.2) is 28.9 Å². The molecule has 2 aliphatic rings. The van der Waals surface area contributed by atoms with Crippen LogP contribution in [0.4, 0.5) is 0 Å². The summed E-state index contributed by atoms with van der Waals surface area (Å²) in [6.45, 7) is 3.12. The van der Waals surface area contributed by atoms with Crippen LogP contribution in [0, 0.1) is 6.92 Å². The normalized spacial score (nSPS) is 18.9. The van der Waals surface area contributed by atoms with Crippen LogP contribution in [0.3, 0.4) is 0 Å². The maximum atomic E-state index is 12.8. The first-order chi connectivity index (χ1) is 12.0. The molecule has 0 bridgehead atoms. The molecular weight excluding hydrogens is 314 g/mol. The minimum absolute atomic E-state index is 0.0610. The molecule has 1 heterocycles. The van der Waals surface area contributed by atoms with Crippen molar-refractivity contribution in [3.8, 4) is 0 Å². The second-order valence-corrected chi connectivity index (χ2v) is 6.87. The first kappa shape index (κ1) is 15.8. The smallest absolute Gasteiger partial charge is 0.229 e. The van der Waals surface area contributed by atoms with Crippen LogP contribution in [0.1, 0.15) is 45.0 Å². The number of carbonyl (C=O) groups is 3. The molecule has 1 amide bonds. The highest BCUT2D eigenvalue weighted by atomic mass is 16.2. The summed E-state index contributed by atoms with van der Waals surface area (Å²) in [7, 11) is 0. The SMILES string of the molecule is Cc1ccc2c(c1)C(=O)C(=O)C2CC(=O)N1CCc2ccccc2C1. The van der Waals surface area contributed by atoms with Gasteiger partial charge in [-0.3, -0.25) is 14.4 Å². The lowest BCUT2D eigenvalue weighted by Gasteiger charge is -2.29. The molecule has 0 N–H and O–H groups in total. The van der Waals surface area contributed by atoms with E-state index < -0.39 is 17.5 Å². The van der Waals surface area contributed by atoms with E-state index in [1.807, 2.05) is 37.3 Å². The summed E-state index contributed by atoms with van der Waals surface area (Å²) >= 11 is 0. The van der Waals surface area contributed by atoms with Gasteiger partial charge in [-0.15, -0.1) is 0 Å². The Morgan fingerprint density at radius 2 is 1.88 bits per heavy atom. The quantitative estimate of drug-likeness (QED) is 0.794. The number of benzene rings is 2. The Kier molecular flexibility index (Phi) is 3.75. The van der Waals surface area contributed by atoms with Gasteiger partial charge < -0.3 is 4.90 Å².